The molecule has 3 atom stereocenters. The van der Waals surface area contributed by atoms with Gasteiger partial charge in [-0.2, -0.15) is 0 Å². The van der Waals surface area contributed by atoms with E-state index in [1.54, 1.807) is 4.90 Å². The zero-order valence-corrected chi connectivity index (χ0v) is 23.2. The van der Waals surface area contributed by atoms with Crippen LogP contribution in [-0.2, 0) is 16.8 Å². The molecule has 6 heteroatoms. The average molecular weight is 535 g/mol. The number of benzene rings is 3. The molecule has 3 aliphatic rings. The molecule has 206 valence electrons. The van der Waals surface area contributed by atoms with Crippen molar-refractivity contribution in [3.8, 4) is 0 Å². The van der Waals surface area contributed by atoms with Crippen LogP contribution in [0.5, 0.6) is 0 Å². The number of nitrogens with two attached hydrogens (primary N) is 1. The van der Waals surface area contributed by atoms with E-state index in [0.29, 0.717) is 17.9 Å². The number of guanidine groups is 1. The van der Waals surface area contributed by atoms with Crippen molar-refractivity contribution in [2.24, 2.45) is 16.6 Å². The first kappa shape index (κ1) is 26.3. The molecule has 0 aromatic heterocycles. The van der Waals surface area contributed by atoms with Gasteiger partial charge >= 0.3 is 0 Å². The topological polar surface area (TPSA) is 87.8 Å². The van der Waals surface area contributed by atoms with Crippen LogP contribution >= 0.6 is 0 Å². The summed E-state index contributed by atoms with van der Waals surface area (Å²) in [5, 5.41) is 3.23. The molecule has 3 aromatic carbocycles. The van der Waals surface area contributed by atoms with Crippen molar-refractivity contribution in [1.82, 2.24) is 10.2 Å². The molecule has 1 aliphatic heterocycles. The Morgan fingerprint density at radius 1 is 1.05 bits per heavy atom. The minimum Gasteiger partial charge on any atom is -0.369 e. The summed E-state index contributed by atoms with van der Waals surface area (Å²) in [5.74, 6) is 0.756. The third-order valence-electron chi connectivity index (χ3n) is 8.77. The minimum absolute atomic E-state index is 0.00660. The Balaban J connectivity index is 1.28. The van der Waals surface area contributed by atoms with Crippen molar-refractivity contribution in [2.45, 2.75) is 75.9 Å². The zero-order valence-electron chi connectivity index (χ0n) is 23.2. The lowest BCUT2D eigenvalue weighted by atomic mass is 9.80. The minimum atomic E-state index is -0.615. The number of carbonyl (C=O) groups is 2. The van der Waals surface area contributed by atoms with Crippen molar-refractivity contribution < 1.29 is 9.59 Å². The highest BCUT2D eigenvalue weighted by atomic mass is 16.2. The average Bonchev–Trinajstić information content (AvgIpc) is 3.69. The van der Waals surface area contributed by atoms with Crippen molar-refractivity contribution in [3.05, 3.63) is 107 Å². The number of fused-ring (bicyclic) bond motifs is 1. The molecule has 0 saturated heterocycles. The molecule has 2 amide bonds. The number of amides is 2. The van der Waals surface area contributed by atoms with E-state index in [1.165, 1.54) is 24.0 Å². The Morgan fingerprint density at radius 3 is 2.58 bits per heavy atom. The number of aliphatic imine (C=N–C) groups is 1. The van der Waals surface area contributed by atoms with Gasteiger partial charge in [-0.25, -0.2) is 4.99 Å². The molecule has 1 saturated carbocycles. The fourth-order valence-electron chi connectivity index (χ4n) is 6.61. The molecule has 0 unspecified atom stereocenters. The highest BCUT2D eigenvalue weighted by Crippen LogP contribution is 2.47. The third-order valence-corrected chi connectivity index (χ3v) is 8.77. The summed E-state index contributed by atoms with van der Waals surface area (Å²) in [5.41, 5.74) is 11.1. The highest BCUT2D eigenvalue weighted by molar-refractivity contribution is 6.00. The van der Waals surface area contributed by atoms with Gasteiger partial charge < -0.3 is 11.1 Å². The first-order valence-corrected chi connectivity index (χ1v) is 14.7. The van der Waals surface area contributed by atoms with Crippen LogP contribution in [0.3, 0.4) is 0 Å². The van der Waals surface area contributed by atoms with E-state index in [2.05, 4.69) is 36.5 Å². The Kier molecular flexibility index (Phi) is 7.18. The summed E-state index contributed by atoms with van der Waals surface area (Å²) in [7, 11) is 0. The van der Waals surface area contributed by atoms with E-state index >= 15 is 0 Å². The van der Waals surface area contributed by atoms with Gasteiger partial charge in [-0.1, -0.05) is 92.9 Å². The van der Waals surface area contributed by atoms with Gasteiger partial charge in [-0.05, 0) is 66.0 Å². The first-order chi connectivity index (χ1) is 19.5. The number of nitrogens with one attached hydrogen (secondary N) is 1. The summed E-state index contributed by atoms with van der Waals surface area (Å²) in [6.07, 6.45) is 6.98. The van der Waals surface area contributed by atoms with Crippen LogP contribution < -0.4 is 11.1 Å². The Bertz CT molecular complexity index is 1430. The quantitative estimate of drug-likeness (QED) is 0.343. The van der Waals surface area contributed by atoms with Crippen LogP contribution in [0.1, 0.15) is 96.6 Å². The van der Waals surface area contributed by atoms with Crippen molar-refractivity contribution in [3.63, 3.8) is 0 Å². The van der Waals surface area contributed by atoms with Gasteiger partial charge in [0.15, 0.2) is 5.96 Å². The van der Waals surface area contributed by atoms with E-state index in [0.717, 1.165) is 43.2 Å². The van der Waals surface area contributed by atoms with Gasteiger partial charge in [0, 0.05) is 5.56 Å². The number of hydrogen-bond acceptors (Lipinski definition) is 4. The van der Waals surface area contributed by atoms with Gasteiger partial charge in [-0.3, -0.25) is 14.5 Å². The second kappa shape index (κ2) is 10.9. The number of rotatable bonds is 9. The normalized spacial score (nSPS) is 22.9. The van der Waals surface area contributed by atoms with Crippen LogP contribution in [0.25, 0.3) is 0 Å². The Morgan fingerprint density at radius 2 is 1.82 bits per heavy atom. The summed E-state index contributed by atoms with van der Waals surface area (Å²) in [6, 6.07) is 25.8. The Hall–Kier alpha value is -3.93. The summed E-state index contributed by atoms with van der Waals surface area (Å²) in [4.78, 5) is 34.1. The predicted octanol–water partition coefficient (Wildman–Crippen LogP) is 6.19. The second-order valence-electron chi connectivity index (χ2n) is 11.6. The Labute approximate surface area is 236 Å². The SMILES string of the molecule is CCC[C@H](c1cccc(C(=O)N[C@H]2CCc3ccccc32)c1)N1C(=O)C[C@](CC2CC2)(c2ccccc2)N=C1N. The largest absolute Gasteiger partial charge is 0.369 e. The van der Waals surface area contributed by atoms with Crippen LogP contribution in [0.2, 0.25) is 0 Å². The number of carbonyl (C=O) groups excluding carboxylic acids is 2. The van der Waals surface area contributed by atoms with Gasteiger partial charge in [0.25, 0.3) is 5.91 Å². The maximum absolute atomic E-state index is 13.9. The molecule has 3 N–H and O–H groups in total. The van der Waals surface area contributed by atoms with E-state index in [9.17, 15) is 9.59 Å². The lowest BCUT2D eigenvalue weighted by Crippen LogP contribution is -2.52. The fraction of sp³-hybridized carbons (Fsp3) is 0.382. The smallest absolute Gasteiger partial charge is 0.251 e. The van der Waals surface area contributed by atoms with E-state index < -0.39 is 5.54 Å². The molecule has 6 rings (SSSR count). The first-order valence-electron chi connectivity index (χ1n) is 14.7. The third kappa shape index (κ3) is 5.15. The molecule has 2 aliphatic carbocycles. The van der Waals surface area contributed by atoms with Crippen molar-refractivity contribution in [1.29, 1.82) is 0 Å². The van der Waals surface area contributed by atoms with Crippen LogP contribution in [0.15, 0.2) is 83.9 Å². The lowest BCUT2D eigenvalue weighted by Gasteiger charge is -2.41. The van der Waals surface area contributed by atoms with Gasteiger partial charge in [0.1, 0.15) is 0 Å². The van der Waals surface area contributed by atoms with Crippen molar-refractivity contribution >= 4 is 17.8 Å². The maximum Gasteiger partial charge on any atom is 0.251 e. The molecular formula is C34H38N4O2. The molecule has 40 heavy (non-hydrogen) atoms. The molecule has 0 bridgehead atoms. The van der Waals surface area contributed by atoms with E-state index in [4.69, 9.17) is 10.7 Å². The monoisotopic (exact) mass is 534 g/mol. The van der Waals surface area contributed by atoms with Crippen molar-refractivity contribution in [2.75, 3.05) is 0 Å². The molecule has 6 nitrogen and oxygen atoms in total. The highest BCUT2D eigenvalue weighted by Gasteiger charge is 2.46. The van der Waals surface area contributed by atoms with E-state index in [1.807, 2.05) is 54.6 Å². The fourth-order valence-corrected chi connectivity index (χ4v) is 6.61. The van der Waals surface area contributed by atoms with Gasteiger partial charge in [-0.15, -0.1) is 0 Å². The predicted molar refractivity (Wildman–Crippen MR) is 158 cm³/mol. The number of hydrogen-bond donors (Lipinski definition) is 2. The second-order valence-corrected chi connectivity index (χ2v) is 11.6. The summed E-state index contributed by atoms with van der Waals surface area (Å²) < 4.78 is 0. The molecular weight excluding hydrogens is 496 g/mol. The standard InChI is InChI=1S/C34H38N4O2/c1-2-9-30(25-11-8-12-26(20-25)32(40)36-29-19-18-24-10-6-7-15-28(24)29)38-31(39)22-34(37-33(38)35,21-23-16-17-23)27-13-4-3-5-14-27/h3-8,10-15,20,23,29-30H,2,9,16-19,21-22H2,1H3,(H2,35,37)(H,36,40)/t29-,30+,34+/m0/s1. The van der Waals surface area contributed by atoms with Gasteiger partial charge in [0.05, 0.1) is 24.0 Å². The summed E-state index contributed by atoms with van der Waals surface area (Å²) in [6.45, 7) is 2.10. The summed E-state index contributed by atoms with van der Waals surface area (Å²) >= 11 is 0. The molecule has 3 aromatic rings. The van der Waals surface area contributed by atoms with Crippen LogP contribution in [0.4, 0.5) is 0 Å². The lowest BCUT2D eigenvalue weighted by molar-refractivity contribution is -0.132. The van der Waals surface area contributed by atoms with E-state index in [-0.39, 0.29) is 29.9 Å². The number of aryl methyl sites for hydroxylation is 1. The zero-order chi connectivity index (χ0) is 27.7. The molecule has 1 heterocycles. The molecule has 0 spiro atoms. The van der Waals surface area contributed by atoms with Gasteiger partial charge in [0.2, 0.25) is 5.91 Å². The van der Waals surface area contributed by atoms with Crippen LogP contribution in [-0.4, -0.2) is 22.7 Å². The molecule has 1 fully saturated rings. The van der Waals surface area contributed by atoms with Crippen LogP contribution in [0, 0.1) is 5.92 Å². The maximum atomic E-state index is 13.9. The molecule has 0 radical (unpaired) electrons. The number of nitrogens with zero attached hydrogens (tertiary/aromatic N) is 2.